The molecule has 10 nitrogen and oxygen atoms in total. The lowest BCUT2D eigenvalue weighted by molar-refractivity contribution is -0.120. The molecule has 0 bridgehead atoms. The number of carbonyl (C=O) groups excluding carboxylic acids is 4. The van der Waals surface area contributed by atoms with Gasteiger partial charge in [-0.3, -0.25) is 4.79 Å². The van der Waals surface area contributed by atoms with Gasteiger partial charge in [0.2, 0.25) is 5.91 Å². The highest BCUT2D eigenvalue weighted by molar-refractivity contribution is 7.09. The number of amides is 1. The molecule has 4 atom stereocenters. The summed E-state index contributed by atoms with van der Waals surface area (Å²) in [5.74, 6) is -2.21. The Kier molecular flexibility index (Phi) is 8.82. The van der Waals surface area contributed by atoms with Gasteiger partial charge in [0.25, 0.3) is 0 Å². The number of aromatic nitrogens is 1. The summed E-state index contributed by atoms with van der Waals surface area (Å²) in [6, 6.07) is 15.9. The van der Waals surface area contributed by atoms with Crippen molar-refractivity contribution in [1.82, 2.24) is 10.3 Å². The van der Waals surface area contributed by atoms with Crippen LogP contribution in [0.2, 0.25) is 0 Å². The number of benzene rings is 2. The Morgan fingerprint density at radius 1 is 0.921 bits per heavy atom. The minimum atomic E-state index is -1.03. The predicted molar refractivity (Wildman–Crippen MR) is 136 cm³/mol. The molecule has 1 aromatic heterocycles. The van der Waals surface area contributed by atoms with E-state index in [1.54, 1.807) is 67.6 Å². The van der Waals surface area contributed by atoms with Gasteiger partial charge in [-0.1, -0.05) is 36.4 Å². The van der Waals surface area contributed by atoms with Crippen molar-refractivity contribution in [2.45, 2.75) is 38.2 Å². The summed E-state index contributed by atoms with van der Waals surface area (Å²) in [6.45, 7) is 2.95. The van der Waals surface area contributed by atoms with Gasteiger partial charge in [-0.2, -0.15) is 0 Å². The number of hydrogen-bond acceptors (Lipinski definition) is 10. The Balaban J connectivity index is 1.61. The zero-order chi connectivity index (χ0) is 27.1. The average Bonchev–Trinajstić information content (AvgIpc) is 3.54. The van der Waals surface area contributed by atoms with E-state index >= 15 is 0 Å². The number of carbonyl (C=O) groups is 4. The summed E-state index contributed by atoms with van der Waals surface area (Å²) >= 11 is 1.12. The molecule has 198 valence electrons. The fourth-order valence-corrected chi connectivity index (χ4v) is 4.79. The van der Waals surface area contributed by atoms with E-state index in [1.165, 1.54) is 12.3 Å². The van der Waals surface area contributed by atoms with E-state index in [9.17, 15) is 19.2 Å². The van der Waals surface area contributed by atoms with Crippen molar-refractivity contribution in [2.75, 3.05) is 13.2 Å². The SMILES string of the molecule is CCOC(=O)c1csc([C@@H]2O[C@H](COC(=O)c3ccccc3)[C@H](NC(C)=O)[C@H]2OC(=O)c2ccccc2)n1. The molecular weight excluding hydrogens is 512 g/mol. The van der Waals surface area contributed by atoms with Crippen LogP contribution in [0.5, 0.6) is 0 Å². The molecule has 4 rings (SSSR count). The topological polar surface area (TPSA) is 130 Å². The van der Waals surface area contributed by atoms with Crippen LogP contribution in [0, 0.1) is 0 Å². The third-order valence-corrected chi connectivity index (χ3v) is 6.54. The van der Waals surface area contributed by atoms with Crippen molar-refractivity contribution in [3.8, 4) is 0 Å². The van der Waals surface area contributed by atoms with Crippen LogP contribution >= 0.6 is 11.3 Å². The summed E-state index contributed by atoms with van der Waals surface area (Å²) in [5, 5.41) is 4.62. The van der Waals surface area contributed by atoms with Gasteiger partial charge in [0.1, 0.15) is 23.8 Å². The molecule has 1 N–H and O–H groups in total. The van der Waals surface area contributed by atoms with E-state index in [2.05, 4.69) is 10.3 Å². The summed E-state index contributed by atoms with van der Waals surface area (Å²) in [7, 11) is 0. The van der Waals surface area contributed by atoms with Crippen LogP contribution in [0.15, 0.2) is 66.0 Å². The molecule has 0 spiro atoms. The maximum absolute atomic E-state index is 13.0. The van der Waals surface area contributed by atoms with E-state index in [1.807, 2.05) is 0 Å². The van der Waals surface area contributed by atoms with Crippen LogP contribution in [-0.2, 0) is 23.7 Å². The van der Waals surface area contributed by atoms with Gasteiger partial charge in [-0.25, -0.2) is 19.4 Å². The maximum Gasteiger partial charge on any atom is 0.357 e. The molecule has 1 saturated heterocycles. The number of rotatable bonds is 9. The standard InChI is InChI=1S/C27H26N2O8S/c1-3-34-27(33)19-15-38-24(29-19)23-22(37-26(32)18-12-8-5-9-13-18)21(28-16(2)30)20(36-23)14-35-25(31)17-10-6-4-7-11-17/h4-13,15,20-23H,3,14H2,1-2H3,(H,28,30)/t20-,21+,22-,23-/m1/s1. The lowest BCUT2D eigenvalue weighted by Gasteiger charge is -2.24. The van der Waals surface area contributed by atoms with Crippen molar-refractivity contribution in [2.24, 2.45) is 0 Å². The fraction of sp³-hybridized carbons (Fsp3) is 0.296. The number of nitrogens with one attached hydrogen (secondary N) is 1. The molecule has 0 radical (unpaired) electrons. The van der Waals surface area contributed by atoms with Gasteiger partial charge >= 0.3 is 17.9 Å². The first-order valence-corrected chi connectivity index (χ1v) is 12.8. The molecule has 1 aliphatic heterocycles. The highest BCUT2D eigenvalue weighted by Crippen LogP contribution is 2.38. The molecule has 11 heteroatoms. The largest absolute Gasteiger partial charge is 0.461 e. The van der Waals surface area contributed by atoms with Crippen LogP contribution in [0.4, 0.5) is 0 Å². The minimum Gasteiger partial charge on any atom is -0.461 e. The number of nitrogens with zero attached hydrogens (tertiary/aromatic N) is 1. The quantitative estimate of drug-likeness (QED) is 0.322. The average molecular weight is 539 g/mol. The van der Waals surface area contributed by atoms with E-state index in [0.717, 1.165) is 11.3 Å². The van der Waals surface area contributed by atoms with Gasteiger partial charge in [-0.05, 0) is 31.2 Å². The second-order valence-electron chi connectivity index (χ2n) is 8.31. The van der Waals surface area contributed by atoms with Crippen molar-refractivity contribution in [1.29, 1.82) is 0 Å². The molecule has 1 aliphatic rings. The summed E-state index contributed by atoms with van der Waals surface area (Å²) in [5.41, 5.74) is 0.737. The summed E-state index contributed by atoms with van der Waals surface area (Å²) in [4.78, 5) is 54.2. The predicted octanol–water partition coefficient (Wildman–Crippen LogP) is 3.35. The second-order valence-corrected chi connectivity index (χ2v) is 9.20. The van der Waals surface area contributed by atoms with Crippen molar-refractivity contribution < 1.29 is 38.1 Å². The molecule has 1 amide bonds. The van der Waals surface area contributed by atoms with E-state index < -0.39 is 48.2 Å². The van der Waals surface area contributed by atoms with E-state index in [0.29, 0.717) is 16.1 Å². The highest BCUT2D eigenvalue weighted by atomic mass is 32.1. The summed E-state index contributed by atoms with van der Waals surface area (Å²) < 4.78 is 22.5. The molecule has 0 saturated carbocycles. The maximum atomic E-state index is 13.0. The molecule has 0 aliphatic carbocycles. The van der Waals surface area contributed by atoms with Crippen LogP contribution in [0.1, 0.15) is 56.2 Å². The third-order valence-electron chi connectivity index (χ3n) is 5.63. The summed E-state index contributed by atoms with van der Waals surface area (Å²) in [6.07, 6.45) is -2.86. The number of hydrogen-bond donors (Lipinski definition) is 1. The number of esters is 3. The zero-order valence-electron chi connectivity index (χ0n) is 20.7. The number of ether oxygens (including phenoxy) is 4. The first-order valence-electron chi connectivity index (χ1n) is 11.9. The van der Waals surface area contributed by atoms with E-state index in [4.69, 9.17) is 18.9 Å². The van der Waals surface area contributed by atoms with Gasteiger partial charge in [0, 0.05) is 12.3 Å². The van der Waals surface area contributed by atoms with Gasteiger partial charge in [0.05, 0.1) is 23.8 Å². The molecule has 38 heavy (non-hydrogen) atoms. The number of thiazole rings is 1. The Labute approximate surface area is 222 Å². The molecule has 2 heterocycles. The Bertz CT molecular complexity index is 1280. The Morgan fingerprint density at radius 3 is 2.16 bits per heavy atom. The van der Waals surface area contributed by atoms with E-state index in [-0.39, 0.29) is 18.9 Å². The Morgan fingerprint density at radius 2 is 1.55 bits per heavy atom. The monoisotopic (exact) mass is 538 g/mol. The molecular formula is C27H26N2O8S. The third kappa shape index (κ3) is 6.42. The van der Waals surface area contributed by atoms with Gasteiger partial charge in [-0.15, -0.1) is 11.3 Å². The van der Waals surface area contributed by atoms with Crippen LogP contribution in [0.25, 0.3) is 0 Å². The first kappa shape index (κ1) is 27.0. The Hall–Kier alpha value is -4.09. The minimum absolute atomic E-state index is 0.0821. The normalized spacial score (nSPS) is 20.4. The molecule has 2 aromatic carbocycles. The molecule has 1 fully saturated rings. The van der Waals surface area contributed by atoms with Gasteiger partial charge in [0.15, 0.2) is 11.8 Å². The lowest BCUT2D eigenvalue weighted by Crippen LogP contribution is -2.49. The zero-order valence-corrected chi connectivity index (χ0v) is 21.5. The smallest absolute Gasteiger partial charge is 0.357 e. The first-order chi connectivity index (χ1) is 18.4. The lowest BCUT2D eigenvalue weighted by atomic mass is 10.0. The molecule has 3 aromatic rings. The highest BCUT2D eigenvalue weighted by Gasteiger charge is 2.50. The van der Waals surface area contributed by atoms with Crippen molar-refractivity contribution in [3.05, 3.63) is 87.9 Å². The second kappa shape index (κ2) is 12.4. The fourth-order valence-electron chi connectivity index (χ4n) is 3.94. The van der Waals surface area contributed by atoms with Gasteiger partial charge < -0.3 is 24.3 Å². The van der Waals surface area contributed by atoms with Crippen LogP contribution in [0.3, 0.4) is 0 Å². The van der Waals surface area contributed by atoms with Crippen LogP contribution < -0.4 is 5.32 Å². The van der Waals surface area contributed by atoms with Crippen LogP contribution in [-0.4, -0.2) is 60.3 Å². The molecule has 0 unspecified atom stereocenters. The van der Waals surface area contributed by atoms with Crippen molar-refractivity contribution >= 4 is 35.2 Å². The van der Waals surface area contributed by atoms with Crippen molar-refractivity contribution in [3.63, 3.8) is 0 Å².